The van der Waals surface area contributed by atoms with E-state index in [1.54, 1.807) is 19.1 Å². The van der Waals surface area contributed by atoms with Gasteiger partial charge in [0.25, 0.3) is 0 Å². The lowest BCUT2D eigenvalue weighted by Gasteiger charge is -2.11. The summed E-state index contributed by atoms with van der Waals surface area (Å²) < 4.78 is 9.79. The maximum Gasteiger partial charge on any atom is 0.410 e. The lowest BCUT2D eigenvalue weighted by Crippen LogP contribution is -2.16. The SMILES string of the molecule is CCCCC/C(C)=C/C=C(\C)C(=O)c1c(O)cc([C@H](C)CC/C=C/NC(=O)OC)oc1=O. The van der Waals surface area contributed by atoms with Gasteiger partial charge in [-0.3, -0.25) is 10.1 Å². The molecule has 0 radical (unpaired) electrons. The Morgan fingerprint density at radius 1 is 1.25 bits per heavy atom. The minimum Gasteiger partial charge on any atom is -0.507 e. The van der Waals surface area contributed by atoms with Gasteiger partial charge in [0.15, 0.2) is 5.78 Å². The third-order valence-electron chi connectivity index (χ3n) is 5.08. The summed E-state index contributed by atoms with van der Waals surface area (Å²) >= 11 is 0. The number of aromatic hydroxyl groups is 1. The highest BCUT2D eigenvalue weighted by atomic mass is 16.5. The maximum absolute atomic E-state index is 12.7. The van der Waals surface area contributed by atoms with Gasteiger partial charge >= 0.3 is 11.7 Å². The fraction of sp³-hybridized carbons (Fsp3) is 0.480. The summed E-state index contributed by atoms with van der Waals surface area (Å²) in [6.07, 6.45) is 11.8. The number of ketones is 1. The van der Waals surface area contributed by atoms with Gasteiger partial charge in [0, 0.05) is 18.2 Å². The summed E-state index contributed by atoms with van der Waals surface area (Å²) in [7, 11) is 1.28. The van der Waals surface area contributed by atoms with Crippen LogP contribution in [0.1, 0.15) is 88.3 Å². The third kappa shape index (κ3) is 8.96. The largest absolute Gasteiger partial charge is 0.507 e. The van der Waals surface area contributed by atoms with E-state index in [4.69, 9.17) is 4.42 Å². The van der Waals surface area contributed by atoms with Gasteiger partial charge in [-0.25, -0.2) is 9.59 Å². The molecule has 32 heavy (non-hydrogen) atoms. The fourth-order valence-corrected chi connectivity index (χ4v) is 2.99. The second-order valence-electron chi connectivity index (χ2n) is 7.86. The molecular formula is C25H35NO6. The fourth-order valence-electron chi connectivity index (χ4n) is 2.99. The van der Waals surface area contributed by atoms with Crippen molar-refractivity contribution in [3.8, 4) is 5.75 Å². The van der Waals surface area contributed by atoms with Gasteiger partial charge in [-0.2, -0.15) is 0 Å². The molecule has 1 aromatic heterocycles. The summed E-state index contributed by atoms with van der Waals surface area (Å²) in [5.41, 5.74) is 0.304. The van der Waals surface area contributed by atoms with Crippen molar-refractivity contribution in [1.82, 2.24) is 5.32 Å². The Bertz CT molecular complexity index is 923. The second-order valence-corrected chi connectivity index (χ2v) is 7.86. The van der Waals surface area contributed by atoms with Crippen molar-refractivity contribution in [2.24, 2.45) is 0 Å². The van der Waals surface area contributed by atoms with Gasteiger partial charge in [-0.1, -0.05) is 50.5 Å². The number of allylic oxidation sites excluding steroid dienone is 5. The standard InChI is InChI=1S/C25H35NO6/c1-6-7-8-11-17(2)13-14-19(4)23(28)22-20(27)16-21(32-24(22)29)18(3)12-9-10-15-26-25(30)31-5/h10,13-16,18,27H,6-9,11-12H2,1-5H3,(H,26,30)/b15-10+,17-13+,19-14+/t18-/m1/s1. The van der Waals surface area contributed by atoms with Crippen molar-refractivity contribution in [1.29, 1.82) is 0 Å². The quantitative estimate of drug-likeness (QED) is 0.183. The maximum atomic E-state index is 12.7. The van der Waals surface area contributed by atoms with Gasteiger partial charge in [0.05, 0.1) is 7.11 Å². The molecule has 1 atom stereocenters. The van der Waals surface area contributed by atoms with Crippen LogP contribution in [0, 0.1) is 0 Å². The minimum absolute atomic E-state index is 0.175. The highest BCUT2D eigenvalue weighted by molar-refractivity contribution is 6.09. The summed E-state index contributed by atoms with van der Waals surface area (Å²) in [4.78, 5) is 36.1. The second kappa shape index (κ2) is 14.1. The Kier molecular flexibility index (Phi) is 11.8. The van der Waals surface area contributed by atoms with E-state index in [1.165, 1.54) is 19.4 Å². The molecule has 0 aliphatic heterocycles. The normalized spacial score (nSPS) is 13.3. The van der Waals surface area contributed by atoms with E-state index in [0.717, 1.165) is 31.3 Å². The number of alkyl carbamates (subject to hydrolysis) is 1. The zero-order chi connectivity index (χ0) is 24.1. The predicted molar refractivity (Wildman–Crippen MR) is 125 cm³/mol. The number of hydrogen-bond acceptors (Lipinski definition) is 6. The summed E-state index contributed by atoms with van der Waals surface area (Å²) in [6, 6.07) is 1.33. The van der Waals surface area contributed by atoms with E-state index in [-0.39, 0.29) is 17.2 Å². The molecule has 0 saturated carbocycles. The summed E-state index contributed by atoms with van der Waals surface area (Å²) in [5.74, 6) is -0.810. The molecule has 1 amide bonds. The number of carbonyl (C=O) groups is 2. The average molecular weight is 446 g/mol. The van der Waals surface area contributed by atoms with Gasteiger partial charge in [-0.15, -0.1) is 0 Å². The van der Waals surface area contributed by atoms with Crippen LogP contribution in [0.2, 0.25) is 0 Å². The molecule has 7 nitrogen and oxygen atoms in total. The average Bonchev–Trinajstić information content (AvgIpc) is 2.76. The first kappa shape index (κ1) is 26.9. The van der Waals surface area contributed by atoms with Crippen LogP contribution in [-0.4, -0.2) is 24.1 Å². The lowest BCUT2D eigenvalue weighted by atomic mass is 9.99. The highest BCUT2D eigenvalue weighted by Crippen LogP contribution is 2.26. The van der Waals surface area contributed by atoms with Crippen molar-refractivity contribution >= 4 is 11.9 Å². The Labute approximate surface area is 189 Å². The smallest absolute Gasteiger partial charge is 0.410 e. The minimum atomic E-state index is -0.851. The molecule has 1 heterocycles. The monoisotopic (exact) mass is 445 g/mol. The molecule has 0 unspecified atom stereocenters. The van der Waals surface area contributed by atoms with Crippen LogP contribution in [0.4, 0.5) is 4.79 Å². The predicted octanol–water partition coefficient (Wildman–Crippen LogP) is 5.75. The number of methoxy groups -OCH3 is 1. The van der Waals surface area contributed by atoms with Gasteiger partial charge < -0.3 is 14.3 Å². The van der Waals surface area contributed by atoms with Crippen LogP contribution in [0.3, 0.4) is 0 Å². The van der Waals surface area contributed by atoms with Crippen LogP contribution in [-0.2, 0) is 4.74 Å². The molecule has 0 spiro atoms. The van der Waals surface area contributed by atoms with E-state index in [9.17, 15) is 19.5 Å². The van der Waals surface area contributed by atoms with Crippen LogP contribution in [0.25, 0.3) is 0 Å². The molecule has 2 N–H and O–H groups in total. The van der Waals surface area contributed by atoms with Gasteiger partial charge in [0.2, 0.25) is 0 Å². The zero-order valence-electron chi connectivity index (χ0n) is 19.7. The van der Waals surface area contributed by atoms with E-state index >= 15 is 0 Å². The highest BCUT2D eigenvalue weighted by Gasteiger charge is 2.21. The molecular weight excluding hydrogens is 410 g/mol. The van der Waals surface area contributed by atoms with E-state index in [2.05, 4.69) is 17.0 Å². The Morgan fingerprint density at radius 2 is 1.97 bits per heavy atom. The van der Waals surface area contributed by atoms with Crippen LogP contribution >= 0.6 is 0 Å². The molecule has 1 aromatic rings. The number of Topliss-reactive ketones (excluding diaryl/α,β-unsaturated/α-hetero) is 1. The Morgan fingerprint density at radius 3 is 2.59 bits per heavy atom. The molecule has 0 aliphatic rings. The number of carbonyl (C=O) groups excluding carboxylic acids is 2. The summed E-state index contributed by atoms with van der Waals surface area (Å²) in [6.45, 7) is 7.61. The number of amides is 1. The Hall–Kier alpha value is -3.09. The molecule has 176 valence electrons. The lowest BCUT2D eigenvalue weighted by molar-refractivity contribution is 0.102. The number of rotatable bonds is 12. The molecule has 0 aliphatic carbocycles. The molecule has 0 aromatic carbocycles. The third-order valence-corrected chi connectivity index (χ3v) is 5.08. The topological polar surface area (TPSA) is 106 Å². The molecule has 0 saturated heterocycles. The number of ether oxygens (including phenoxy) is 1. The molecule has 7 heteroatoms. The molecule has 0 bridgehead atoms. The van der Waals surface area contributed by atoms with Crippen molar-refractivity contribution in [2.75, 3.05) is 7.11 Å². The van der Waals surface area contributed by atoms with E-state index < -0.39 is 17.5 Å². The van der Waals surface area contributed by atoms with Crippen LogP contribution in [0.15, 0.2) is 50.9 Å². The van der Waals surface area contributed by atoms with Crippen molar-refractivity contribution in [3.05, 3.63) is 63.4 Å². The number of unbranched alkanes of at least 4 members (excludes halogenated alkanes) is 2. The van der Waals surface area contributed by atoms with Crippen molar-refractivity contribution in [3.63, 3.8) is 0 Å². The summed E-state index contributed by atoms with van der Waals surface area (Å²) in [5, 5.41) is 12.8. The van der Waals surface area contributed by atoms with Gasteiger partial charge in [-0.05, 0) is 45.1 Å². The zero-order valence-corrected chi connectivity index (χ0v) is 19.7. The van der Waals surface area contributed by atoms with Crippen molar-refractivity contribution in [2.45, 2.75) is 72.1 Å². The molecule has 1 rings (SSSR count). The van der Waals surface area contributed by atoms with Gasteiger partial charge in [0.1, 0.15) is 17.1 Å². The Balaban J connectivity index is 2.85. The molecule has 0 fully saturated rings. The first-order valence-corrected chi connectivity index (χ1v) is 11.0. The van der Waals surface area contributed by atoms with Crippen LogP contribution in [0.5, 0.6) is 5.75 Å². The van der Waals surface area contributed by atoms with E-state index in [0.29, 0.717) is 24.2 Å². The van der Waals surface area contributed by atoms with E-state index in [1.807, 2.05) is 19.9 Å². The van der Waals surface area contributed by atoms with Crippen molar-refractivity contribution < 1.29 is 23.8 Å². The first-order chi connectivity index (χ1) is 15.2. The number of nitrogens with one attached hydrogen (secondary N) is 1. The van der Waals surface area contributed by atoms with Crippen LogP contribution < -0.4 is 10.9 Å². The first-order valence-electron chi connectivity index (χ1n) is 11.0. The number of hydrogen-bond donors (Lipinski definition) is 2.